The summed E-state index contributed by atoms with van der Waals surface area (Å²) in [5.41, 5.74) is 1.45. The van der Waals surface area contributed by atoms with Crippen LogP contribution in [0.4, 0.5) is 13.2 Å². The molecule has 92 valence electrons. The maximum Gasteiger partial charge on any atom is 0.470 e. The minimum Gasteiger partial charge on any atom is -0.287 e. The van der Waals surface area contributed by atoms with Crippen LogP contribution in [0.3, 0.4) is 0 Å². The van der Waals surface area contributed by atoms with Gasteiger partial charge in [0.15, 0.2) is 0 Å². The van der Waals surface area contributed by atoms with Crippen LogP contribution in [0.25, 0.3) is 5.95 Å². The maximum atomic E-state index is 12.5. The van der Waals surface area contributed by atoms with Crippen LogP contribution in [0.1, 0.15) is 17.2 Å². The van der Waals surface area contributed by atoms with Crippen LogP contribution in [0.15, 0.2) is 6.07 Å². The lowest BCUT2D eigenvalue weighted by molar-refractivity contribution is -0.670. The molecule has 0 fully saturated rings. The number of rotatable bonds is 1. The van der Waals surface area contributed by atoms with Gasteiger partial charge in [0.25, 0.3) is 0 Å². The Morgan fingerprint density at radius 3 is 2.41 bits per heavy atom. The van der Waals surface area contributed by atoms with Gasteiger partial charge in [0.05, 0.1) is 5.10 Å². The standard InChI is InChI=1S/C8H9F3N6/c1-4-3-5(2)17(15-4)7-14-13-6(16(7)12)8(9,10)11/h3H,12H2,1-2H3/p+1. The third kappa shape index (κ3) is 1.83. The van der Waals surface area contributed by atoms with Crippen molar-refractivity contribution in [3.8, 4) is 5.95 Å². The van der Waals surface area contributed by atoms with Gasteiger partial charge in [0, 0.05) is 5.69 Å². The lowest BCUT2D eigenvalue weighted by Gasteiger charge is -2.00. The maximum absolute atomic E-state index is 12.5. The number of aryl methyl sites for hydroxylation is 2. The molecule has 2 aromatic rings. The van der Waals surface area contributed by atoms with Crippen molar-refractivity contribution in [2.24, 2.45) is 0 Å². The van der Waals surface area contributed by atoms with Crippen LogP contribution < -0.4 is 10.5 Å². The molecule has 0 aliphatic carbocycles. The molecule has 2 heterocycles. The molecule has 17 heavy (non-hydrogen) atoms. The third-order valence-corrected chi connectivity index (χ3v) is 2.20. The minimum atomic E-state index is -4.63. The first-order chi connectivity index (χ1) is 7.80. The normalized spacial score (nSPS) is 12.1. The van der Waals surface area contributed by atoms with Crippen LogP contribution in [0, 0.1) is 13.8 Å². The van der Waals surface area contributed by atoms with Gasteiger partial charge >= 0.3 is 17.9 Å². The zero-order chi connectivity index (χ0) is 12.8. The lowest BCUT2D eigenvalue weighted by atomic mass is 10.4. The summed E-state index contributed by atoms with van der Waals surface area (Å²) in [6.45, 7) is 3.48. The van der Waals surface area contributed by atoms with Crippen molar-refractivity contribution in [2.45, 2.75) is 20.0 Å². The lowest BCUT2D eigenvalue weighted by Crippen LogP contribution is -2.41. The van der Waals surface area contributed by atoms with Gasteiger partial charge in [-0.1, -0.05) is 0 Å². The Labute approximate surface area is 93.8 Å². The number of hydrogen-bond acceptors (Lipinski definition) is 3. The molecule has 6 nitrogen and oxygen atoms in total. The van der Waals surface area contributed by atoms with E-state index in [-0.39, 0.29) is 5.95 Å². The second-order valence-electron chi connectivity index (χ2n) is 3.61. The number of nitrogens with two attached hydrogens (primary N) is 1. The Morgan fingerprint density at radius 1 is 1.35 bits per heavy atom. The average molecular weight is 247 g/mol. The Balaban J connectivity index is 2.55. The number of alkyl halides is 3. The van der Waals surface area contributed by atoms with Gasteiger partial charge in [-0.2, -0.15) is 13.2 Å². The monoisotopic (exact) mass is 247 g/mol. The molecule has 2 aromatic heterocycles. The number of nitrogen functional groups attached to an aromatic ring is 1. The van der Waals surface area contributed by atoms with Gasteiger partial charge in [0.2, 0.25) is 0 Å². The van der Waals surface area contributed by atoms with E-state index in [0.29, 0.717) is 10.4 Å². The fourth-order valence-corrected chi connectivity index (χ4v) is 1.51. The van der Waals surface area contributed by atoms with Crippen LogP contribution in [0.5, 0.6) is 0 Å². The van der Waals surface area contributed by atoms with Crippen LogP contribution in [-0.2, 0) is 6.18 Å². The summed E-state index contributed by atoms with van der Waals surface area (Å²) < 4.78 is 39.1. The quantitative estimate of drug-likeness (QED) is 0.559. The van der Waals surface area contributed by atoms with Gasteiger partial charge in [-0.15, -0.1) is 9.36 Å². The van der Waals surface area contributed by atoms with E-state index >= 15 is 0 Å². The van der Waals surface area contributed by atoms with Crippen molar-refractivity contribution in [1.82, 2.24) is 20.0 Å². The highest BCUT2D eigenvalue weighted by atomic mass is 19.4. The van der Waals surface area contributed by atoms with Crippen molar-refractivity contribution in [3.63, 3.8) is 0 Å². The fourth-order valence-electron chi connectivity index (χ4n) is 1.51. The largest absolute Gasteiger partial charge is 0.470 e. The molecule has 0 aliphatic heterocycles. The Kier molecular flexibility index (Phi) is 2.33. The summed E-state index contributed by atoms with van der Waals surface area (Å²) in [7, 11) is 0. The molecule has 2 rings (SSSR count). The zero-order valence-electron chi connectivity index (χ0n) is 9.08. The van der Waals surface area contributed by atoms with E-state index < -0.39 is 12.0 Å². The predicted octanol–water partition coefficient (Wildman–Crippen LogP) is 0.232. The predicted molar refractivity (Wildman–Crippen MR) is 50.5 cm³/mol. The molecule has 9 heteroatoms. The molecule has 0 aromatic carbocycles. The van der Waals surface area contributed by atoms with Crippen molar-refractivity contribution < 1.29 is 17.9 Å². The molecule has 0 aliphatic rings. The molecule has 0 bridgehead atoms. The molecule has 0 radical (unpaired) electrons. The molecule has 0 saturated carbocycles. The third-order valence-electron chi connectivity index (χ3n) is 2.20. The first-order valence-corrected chi connectivity index (χ1v) is 4.67. The van der Waals surface area contributed by atoms with Gasteiger partial charge in [-0.05, 0) is 25.0 Å². The second kappa shape index (κ2) is 3.47. The van der Waals surface area contributed by atoms with Gasteiger partial charge in [-0.25, -0.2) is 5.10 Å². The van der Waals surface area contributed by atoms with Crippen molar-refractivity contribution in [2.75, 3.05) is 5.84 Å². The first kappa shape index (κ1) is 11.4. The Hall–Kier alpha value is -2.06. The van der Waals surface area contributed by atoms with Gasteiger partial charge in [-0.3, -0.25) is 5.84 Å². The number of nitrogens with one attached hydrogen (secondary N) is 1. The van der Waals surface area contributed by atoms with E-state index in [0.717, 1.165) is 5.69 Å². The highest BCUT2D eigenvalue weighted by Gasteiger charge is 2.43. The first-order valence-electron chi connectivity index (χ1n) is 4.67. The molecule has 0 unspecified atom stereocenters. The van der Waals surface area contributed by atoms with Gasteiger partial charge in [0.1, 0.15) is 5.69 Å². The van der Waals surface area contributed by atoms with Gasteiger partial charge < -0.3 is 0 Å². The molecule has 0 saturated heterocycles. The average Bonchev–Trinajstić information content (AvgIpc) is 2.68. The van der Waals surface area contributed by atoms with E-state index in [2.05, 4.69) is 15.3 Å². The van der Waals surface area contributed by atoms with Crippen molar-refractivity contribution in [1.29, 1.82) is 0 Å². The Morgan fingerprint density at radius 2 is 2.00 bits per heavy atom. The van der Waals surface area contributed by atoms with Crippen LogP contribution in [0.2, 0.25) is 0 Å². The minimum absolute atomic E-state index is 0.122. The number of aromatic nitrogens is 5. The highest BCUT2D eigenvalue weighted by molar-refractivity contribution is 5.07. The topological polar surface area (TPSA) is 76.4 Å². The van der Waals surface area contributed by atoms with E-state index in [4.69, 9.17) is 5.84 Å². The van der Waals surface area contributed by atoms with Crippen LogP contribution >= 0.6 is 0 Å². The summed E-state index contributed by atoms with van der Waals surface area (Å²) in [6, 6.07) is 1.75. The highest BCUT2D eigenvalue weighted by Crippen LogP contribution is 2.26. The van der Waals surface area contributed by atoms with E-state index in [1.807, 2.05) is 0 Å². The van der Waals surface area contributed by atoms with Crippen molar-refractivity contribution >= 4 is 0 Å². The molecule has 0 amide bonds. The number of aromatic amines is 1. The summed E-state index contributed by atoms with van der Waals surface area (Å²) in [4.78, 5) is 0. The smallest absolute Gasteiger partial charge is 0.287 e. The summed E-state index contributed by atoms with van der Waals surface area (Å²) >= 11 is 0. The molecular weight excluding hydrogens is 237 g/mol. The van der Waals surface area contributed by atoms with Crippen molar-refractivity contribution in [3.05, 3.63) is 23.3 Å². The molecule has 0 atom stereocenters. The Bertz CT molecular complexity index is 552. The van der Waals surface area contributed by atoms with E-state index in [9.17, 15) is 13.2 Å². The number of hydrogen-bond donors (Lipinski definition) is 2. The fraction of sp³-hybridized carbons (Fsp3) is 0.375. The number of nitrogens with zero attached hydrogens (tertiary/aromatic N) is 4. The van der Waals surface area contributed by atoms with Crippen LogP contribution in [-0.4, -0.2) is 20.0 Å². The zero-order valence-corrected chi connectivity index (χ0v) is 9.08. The second-order valence-corrected chi connectivity index (χ2v) is 3.61. The molecule has 3 N–H and O–H groups in total. The summed E-state index contributed by atoms with van der Waals surface area (Å²) in [6.07, 6.45) is -4.63. The SMILES string of the molecule is Cc1cc(C)[n+](-c2nnc(C(F)(F)F)n2N)[nH]1. The number of H-pyrrole nitrogens is 1. The van der Waals surface area contributed by atoms with E-state index in [1.165, 1.54) is 4.68 Å². The number of halogens is 3. The molecule has 0 spiro atoms. The van der Waals surface area contributed by atoms with E-state index in [1.54, 1.807) is 19.9 Å². The summed E-state index contributed by atoms with van der Waals surface area (Å²) in [5.74, 6) is 3.96. The molecular formula is C8H10F3N6+. The summed E-state index contributed by atoms with van der Waals surface area (Å²) in [5, 5.41) is 9.27.